The van der Waals surface area contributed by atoms with E-state index in [9.17, 15) is 18.0 Å². The van der Waals surface area contributed by atoms with Crippen LogP contribution in [0.5, 0.6) is 5.75 Å². The molecule has 0 bridgehead atoms. The van der Waals surface area contributed by atoms with Gasteiger partial charge in [-0.15, -0.1) is 0 Å². The number of hydrogen-bond acceptors (Lipinski definition) is 5. The second kappa shape index (κ2) is 13.3. The standard InChI is InChI=1S/C25H34ClN3O5S/c1-5-7-16-27-25(31)21(6-2)28(17-19-12-8-9-13-20(19)26)24(30)18-29(35(4,32)33)22-14-10-11-15-23(22)34-3/h8-15,21H,5-7,16-18H2,1-4H3,(H,27,31)/t21-/m1/s1. The van der Waals surface area contributed by atoms with Gasteiger partial charge in [0.15, 0.2) is 0 Å². The number of unbranched alkanes of at least 4 members (excludes halogenated alkanes) is 1. The van der Waals surface area contributed by atoms with Gasteiger partial charge in [-0.2, -0.15) is 0 Å². The van der Waals surface area contributed by atoms with Crippen LogP contribution in [0.3, 0.4) is 0 Å². The van der Waals surface area contributed by atoms with Crippen LogP contribution in [0.15, 0.2) is 48.5 Å². The first kappa shape index (κ1) is 28.5. The maximum Gasteiger partial charge on any atom is 0.244 e. The molecule has 2 aromatic carbocycles. The largest absolute Gasteiger partial charge is 0.495 e. The fourth-order valence-corrected chi connectivity index (χ4v) is 4.71. The number of hydrogen-bond donors (Lipinski definition) is 1. The second-order valence-corrected chi connectivity index (χ2v) is 10.4. The molecule has 2 amide bonds. The van der Waals surface area contributed by atoms with Crippen LogP contribution in [-0.4, -0.2) is 57.6 Å². The van der Waals surface area contributed by atoms with E-state index in [1.807, 2.05) is 13.8 Å². The Bertz CT molecular complexity index is 1110. The number of anilines is 1. The zero-order valence-electron chi connectivity index (χ0n) is 20.7. The fraction of sp³-hybridized carbons (Fsp3) is 0.440. The zero-order valence-corrected chi connectivity index (χ0v) is 22.2. The molecule has 8 nitrogen and oxygen atoms in total. The number of ether oxygens (including phenoxy) is 1. The Morgan fingerprint density at radius 3 is 2.34 bits per heavy atom. The zero-order chi connectivity index (χ0) is 26.0. The van der Waals surface area contributed by atoms with Crippen molar-refractivity contribution in [2.45, 2.75) is 45.7 Å². The highest BCUT2D eigenvalue weighted by Crippen LogP contribution is 2.30. The van der Waals surface area contributed by atoms with E-state index >= 15 is 0 Å². The number of nitrogens with one attached hydrogen (secondary N) is 1. The lowest BCUT2D eigenvalue weighted by Gasteiger charge is -2.33. The number of rotatable bonds is 13. The molecule has 1 N–H and O–H groups in total. The van der Waals surface area contributed by atoms with Gasteiger partial charge in [-0.05, 0) is 36.6 Å². The summed E-state index contributed by atoms with van der Waals surface area (Å²) in [5, 5.41) is 3.34. The molecule has 192 valence electrons. The molecule has 1 atom stereocenters. The van der Waals surface area contributed by atoms with E-state index in [0.717, 1.165) is 23.4 Å². The molecule has 0 fully saturated rings. The summed E-state index contributed by atoms with van der Waals surface area (Å²) in [7, 11) is -2.42. The van der Waals surface area contributed by atoms with Crippen LogP contribution < -0.4 is 14.4 Å². The van der Waals surface area contributed by atoms with E-state index in [4.69, 9.17) is 16.3 Å². The molecule has 35 heavy (non-hydrogen) atoms. The lowest BCUT2D eigenvalue weighted by atomic mass is 10.1. The predicted octanol–water partition coefficient (Wildman–Crippen LogP) is 3.84. The molecular weight excluding hydrogens is 490 g/mol. The van der Waals surface area contributed by atoms with E-state index in [1.54, 1.807) is 48.5 Å². The van der Waals surface area contributed by atoms with Crippen molar-refractivity contribution >= 4 is 39.1 Å². The third kappa shape index (κ3) is 7.86. The monoisotopic (exact) mass is 523 g/mol. The second-order valence-electron chi connectivity index (χ2n) is 8.12. The molecule has 0 heterocycles. The first-order chi connectivity index (χ1) is 16.6. The number of benzene rings is 2. The van der Waals surface area contributed by atoms with Crippen molar-refractivity contribution in [3.05, 3.63) is 59.1 Å². The minimum atomic E-state index is -3.85. The van der Waals surface area contributed by atoms with E-state index < -0.39 is 28.5 Å². The Morgan fingerprint density at radius 2 is 1.74 bits per heavy atom. The molecule has 0 spiro atoms. The van der Waals surface area contributed by atoms with Gasteiger partial charge in [0.05, 0.1) is 19.1 Å². The van der Waals surface area contributed by atoms with Gasteiger partial charge in [-0.25, -0.2) is 8.42 Å². The quantitative estimate of drug-likeness (QED) is 0.402. The maximum absolute atomic E-state index is 13.7. The predicted molar refractivity (Wildman–Crippen MR) is 139 cm³/mol. The van der Waals surface area contributed by atoms with E-state index in [2.05, 4.69) is 5.32 Å². The Hall–Kier alpha value is -2.78. The molecule has 0 saturated heterocycles. The van der Waals surface area contributed by atoms with Crippen LogP contribution in [0.4, 0.5) is 5.69 Å². The van der Waals surface area contributed by atoms with Crippen molar-refractivity contribution in [2.24, 2.45) is 0 Å². The third-order valence-corrected chi connectivity index (χ3v) is 7.04. The van der Waals surface area contributed by atoms with Crippen LogP contribution in [0, 0.1) is 0 Å². The normalized spacial score (nSPS) is 12.0. The van der Waals surface area contributed by atoms with Gasteiger partial charge in [-0.3, -0.25) is 13.9 Å². The van der Waals surface area contributed by atoms with Crippen LogP contribution in [0.1, 0.15) is 38.7 Å². The molecule has 0 radical (unpaired) electrons. The summed E-state index contributed by atoms with van der Waals surface area (Å²) in [5.74, 6) is -0.504. The SMILES string of the molecule is CCCCNC(=O)[C@@H](CC)N(Cc1ccccc1Cl)C(=O)CN(c1ccccc1OC)S(C)(=O)=O. The molecule has 0 aliphatic rings. The van der Waals surface area contributed by atoms with Crippen molar-refractivity contribution in [3.63, 3.8) is 0 Å². The number of nitrogens with zero attached hydrogens (tertiary/aromatic N) is 2. The number of carbonyl (C=O) groups is 2. The number of methoxy groups -OCH3 is 1. The summed E-state index contributed by atoms with van der Waals surface area (Å²) in [6.07, 6.45) is 3.11. The Kier molecular flexibility index (Phi) is 10.9. The van der Waals surface area contributed by atoms with Gasteiger partial charge in [0, 0.05) is 18.1 Å². The van der Waals surface area contributed by atoms with Gasteiger partial charge in [0.25, 0.3) is 0 Å². The molecule has 0 unspecified atom stereocenters. The van der Waals surface area contributed by atoms with Gasteiger partial charge in [0.1, 0.15) is 18.3 Å². The van der Waals surface area contributed by atoms with Crippen molar-refractivity contribution in [1.29, 1.82) is 0 Å². The Morgan fingerprint density at radius 1 is 1.09 bits per heavy atom. The first-order valence-corrected chi connectivity index (χ1v) is 13.8. The van der Waals surface area contributed by atoms with E-state index in [-0.39, 0.29) is 18.1 Å². The van der Waals surface area contributed by atoms with Crippen molar-refractivity contribution in [1.82, 2.24) is 10.2 Å². The highest BCUT2D eigenvalue weighted by molar-refractivity contribution is 7.92. The van der Waals surface area contributed by atoms with Crippen molar-refractivity contribution in [2.75, 3.05) is 30.8 Å². The first-order valence-electron chi connectivity index (χ1n) is 11.5. The van der Waals surface area contributed by atoms with Crippen molar-refractivity contribution in [3.8, 4) is 5.75 Å². The average Bonchev–Trinajstić information content (AvgIpc) is 2.82. The maximum atomic E-state index is 13.7. The molecule has 2 rings (SSSR count). The topological polar surface area (TPSA) is 96.0 Å². The minimum absolute atomic E-state index is 0.0573. The molecule has 2 aromatic rings. The van der Waals surface area contributed by atoms with E-state index in [0.29, 0.717) is 29.3 Å². The molecule has 0 aliphatic heterocycles. The molecule has 0 aromatic heterocycles. The summed E-state index contributed by atoms with van der Waals surface area (Å²) < 4.78 is 31.8. The number of sulfonamides is 1. The lowest BCUT2D eigenvalue weighted by molar-refractivity contribution is -0.140. The Balaban J connectivity index is 2.45. The highest BCUT2D eigenvalue weighted by atomic mass is 35.5. The van der Waals surface area contributed by atoms with Gasteiger partial charge in [0.2, 0.25) is 21.8 Å². The van der Waals surface area contributed by atoms with Crippen molar-refractivity contribution < 1.29 is 22.7 Å². The summed E-state index contributed by atoms with van der Waals surface area (Å²) in [6, 6.07) is 12.8. The van der Waals surface area contributed by atoms with Crippen LogP contribution in [0.25, 0.3) is 0 Å². The van der Waals surface area contributed by atoms with Crippen LogP contribution in [-0.2, 0) is 26.2 Å². The highest BCUT2D eigenvalue weighted by Gasteiger charge is 2.32. The third-order valence-electron chi connectivity index (χ3n) is 5.55. The number of halogens is 1. The number of amides is 2. The summed E-state index contributed by atoms with van der Waals surface area (Å²) in [5.41, 5.74) is 0.898. The van der Waals surface area contributed by atoms with Gasteiger partial charge in [-0.1, -0.05) is 62.2 Å². The number of para-hydroxylation sites is 2. The lowest BCUT2D eigenvalue weighted by Crippen LogP contribution is -2.52. The van der Waals surface area contributed by atoms with Gasteiger partial charge >= 0.3 is 0 Å². The fourth-order valence-electron chi connectivity index (χ4n) is 3.67. The van der Waals surface area contributed by atoms with Crippen LogP contribution >= 0.6 is 11.6 Å². The summed E-state index contributed by atoms with van der Waals surface area (Å²) in [6.45, 7) is 3.89. The Labute approximate surface area is 213 Å². The molecule has 0 aliphatic carbocycles. The average molecular weight is 524 g/mol. The number of carbonyl (C=O) groups excluding carboxylic acids is 2. The molecule has 0 saturated carbocycles. The molecular formula is C25H34ClN3O5S. The molecule has 10 heteroatoms. The smallest absolute Gasteiger partial charge is 0.244 e. The van der Waals surface area contributed by atoms with E-state index in [1.165, 1.54) is 12.0 Å². The van der Waals surface area contributed by atoms with Gasteiger partial charge < -0.3 is 15.0 Å². The summed E-state index contributed by atoms with van der Waals surface area (Å²) >= 11 is 6.36. The van der Waals surface area contributed by atoms with Crippen LogP contribution in [0.2, 0.25) is 5.02 Å². The minimum Gasteiger partial charge on any atom is -0.495 e. The summed E-state index contributed by atoms with van der Waals surface area (Å²) in [4.78, 5) is 28.1.